The van der Waals surface area contributed by atoms with Gasteiger partial charge >= 0.3 is 0 Å². The fourth-order valence-electron chi connectivity index (χ4n) is 5.90. The molecule has 6 nitrogen and oxygen atoms in total. The zero-order chi connectivity index (χ0) is 23.6. The number of halogens is 2. The third-order valence-corrected chi connectivity index (χ3v) is 8.71. The van der Waals surface area contributed by atoms with E-state index in [1.807, 2.05) is 30.3 Å². The van der Waals surface area contributed by atoms with Crippen LogP contribution in [0.1, 0.15) is 17.5 Å². The Morgan fingerprint density at radius 2 is 1.79 bits per heavy atom. The van der Waals surface area contributed by atoms with Gasteiger partial charge in [0.1, 0.15) is 6.61 Å². The summed E-state index contributed by atoms with van der Waals surface area (Å²) in [6.45, 7) is 0.303. The molecule has 8 heteroatoms. The average molecular weight is 589 g/mol. The van der Waals surface area contributed by atoms with Crippen molar-refractivity contribution in [1.82, 2.24) is 5.01 Å². The molecule has 4 aliphatic carbocycles. The Morgan fingerprint density at radius 3 is 2.44 bits per heavy atom. The lowest BCUT2D eigenvalue weighted by molar-refractivity contribution is -0.140. The van der Waals surface area contributed by atoms with E-state index in [1.165, 1.54) is 0 Å². The van der Waals surface area contributed by atoms with Crippen LogP contribution >= 0.6 is 34.2 Å². The van der Waals surface area contributed by atoms with E-state index in [-0.39, 0.29) is 35.5 Å². The van der Waals surface area contributed by atoms with Gasteiger partial charge in [0.2, 0.25) is 0 Å². The van der Waals surface area contributed by atoms with E-state index in [1.54, 1.807) is 19.4 Å². The number of ether oxygens (including phenoxy) is 2. The van der Waals surface area contributed by atoms with Crippen molar-refractivity contribution in [2.24, 2.45) is 40.6 Å². The summed E-state index contributed by atoms with van der Waals surface area (Å²) in [6, 6.07) is 11.2. The molecule has 1 heterocycles. The molecule has 2 aromatic carbocycles. The molecule has 2 bridgehead atoms. The first-order chi connectivity index (χ1) is 16.5. The molecule has 2 aromatic rings. The minimum absolute atomic E-state index is 0.169. The van der Waals surface area contributed by atoms with Crippen molar-refractivity contribution in [2.75, 3.05) is 7.11 Å². The van der Waals surface area contributed by atoms with Gasteiger partial charge in [0.05, 0.1) is 28.7 Å². The number of benzene rings is 2. The Labute approximate surface area is 216 Å². The Morgan fingerprint density at radius 1 is 1.12 bits per heavy atom. The number of hydrogen-bond acceptors (Lipinski definition) is 5. The molecule has 34 heavy (non-hydrogen) atoms. The molecule has 1 aliphatic heterocycles. The summed E-state index contributed by atoms with van der Waals surface area (Å²) in [4.78, 5) is 26.2. The van der Waals surface area contributed by atoms with E-state index >= 15 is 0 Å². The quantitative estimate of drug-likeness (QED) is 0.208. The standard InChI is InChI=1S/C26H22ClIN2O4/c1-33-21-9-13(8-20(28)24(21)34-12-14-4-2-3-5-19(14)27)11-29-30-25(31)22-15-6-7-16(18-10-17(15)18)23(22)26(30)32/h2-9,11,15-18,22-23H,10,12H2,1H3/b29-11-/t15-,16-,17-,18+,22-,23+/m0/s1. The van der Waals surface area contributed by atoms with Crippen molar-refractivity contribution >= 4 is 52.2 Å². The molecular weight excluding hydrogens is 567 g/mol. The highest BCUT2D eigenvalue weighted by atomic mass is 127. The first kappa shape index (κ1) is 22.1. The molecule has 7 rings (SSSR count). The van der Waals surface area contributed by atoms with E-state index in [0.717, 1.165) is 20.6 Å². The molecule has 0 radical (unpaired) electrons. The molecule has 5 aliphatic rings. The highest BCUT2D eigenvalue weighted by Gasteiger charge is 2.67. The summed E-state index contributed by atoms with van der Waals surface area (Å²) in [5.74, 6) is 1.81. The fourth-order valence-corrected chi connectivity index (χ4v) is 6.87. The van der Waals surface area contributed by atoms with Crippen molar-refractivity contribution in [3.63, 3.8) is 0 Å². The smallest absolute Gasteiger partial charge is 0.254 e. The van der Waals surface area contributed by atoms with Gasteiger partial charge in [-0.25, -0.2) is 0 Å². The zero-order valence-electron chi connectivity index (χ0n) is 18.4. The summed E-state index contributed by atoms with van der Waals surface area (Å²) in [6.07, 6.45) is 7.01. The molecule has 1 saturated heterocycles. The van der Waals surface area contributed by atoms with Crippen LogP contribution in [0.25, 0.3) is 0 Å². The van der Waals surface area contributed by atoms with Crippen molar-refractivity contribution < 1.29 is 19.1 Å². The maximum Gasteiger partial charge on any atom is 0.254 e. The van der Waals surface area contributed by atoms with E-state index in [9.17, 15) is 9.59 Å². The summed E-state index contributed by atoms with van der Waals surface area (Å²) in [5.41, 5.74) is 1.59. The number of nitrogens with zero attached hydrogens (tertiary/aromatic N) is 2. The predicted molar refractivity (Wildman–Crippen MR) is 136 cm³/mol. The Hall–Kier alpha value is -2.39. The lowest BCUT2D eigenvalue weighted by atomic mass is 9.63. The number of carbonyl (C=O) groups excluding carboxylic acids is 2. The maximum absolute atomic E-state index is 13.1. The predicted octanol–water partition coefficient (Wildman–Crippen LogP) is 4.92. The van der Waals surface area contributed by atoms with Crippen LogP contribution < -0.4 is 9.47 Å². The Kier molecular flexibility index (Phi) is 5.44. The minimum Gasteiger partial charge on any atom is -0.493 e. The largest absolute Gasteiger partial charge is 0.493 e. The molecule has 174 valence electrons. The van der Waals surface area contributed by atoms with Gasteiger partial charge in [0.15, 0.2) is 11.5 Å². The highest BCUT2D eigenvalue weighted by molar-refractivity contribution is 14.1. The van der Waals surface area contributed by atoms with Crippen LogP contribution in [0.15, 0.2) is 53.7 Å². The normalized spacial score (nSPS) is 30.6. The third-order valence-electron chi connectivity index (χ3n) is 7.54. The first-order valence-corrected chi connectivity index (χ1v) is 12.8. The van der Waals surface area contributed by atoms with Gasteiger partial charge in [0, 0.05) is 10.6 Å². The Bertz CT molecular complexity index is 1230. The topological polar surface area (TPSA) is 68.2 Å². The van der Waals surface area contributed by atoms with Crippen LogP contribution in [-0.4, -0.2) is 30.1 Å². The van der Waals surface area contributed by atoms with Gasteiger partial charge in [-0.3, -0.25) is 9.59 Å². The number of hydrazone groups is 1. The number of hydrogen-bond donors (Lipinski definition) is 0. The summed E-state index contributed by atoms with van der Waals surface area (Å²) in [7, 11) is 1.57. The van der Waals surface area contributed by atoms with E-state index in [4.69, 9.17) is 21.1 Å². The summed E-state index contributed by atoms with van der Waals surface area (Å²) >= 11 is 8.41. The van der Waals surface area contributed by atoms with Gasteiger partial charge in [-0.15, -0.1) is 0 Å². The van der Waals surface area contributed by atoms with E-state index in [2.05, 4.69) is 39.8 Å². The third kappa shape index (κ3) is 3.47. The number of allylic oxidation sites excluding steroid dienone is 2. The molecule has 0 aromatic heterocycles. The van der Waals surface area contributed by atoms with Gasteiger partial charge in [-0.05, 0) is 76.4 Å². The molecule has 2 amide bonds. The monoisotopic (exact) mass is 588 g/mol. The van der Waals surface area contributed by atoms with Crippen molar-refractivity contribution in [3.05, 3.63) is 68.3 Å². The minimum atomic E-state index is -0.251. The second-order valence-electron chi connectivity index (χ2n) is 9.30. The lowest BCUT2D eigenvalue weighted by Crippen LogP contribution is -2.40. The zero-order valence-corrected chi connectivity index (χ0v) is 21.3. The van der Waals surface area contributed by atoms with Crippen LogP contribution in [0.4, 0.5) is 0 Å². The molecule has 6 atom stereocenters. The molecule has 0 unspecified atom stereocenters. The van der Waals surface area contributed by atoms with Crippen LogP contribution in [0.5, 0.6) is 11.5 Å². The number of amides is 2. The van der Waals surface area contributed by atoms with Crippen LogP contribution in [0.3, 0.4) is 0 Å². The van der Waals surface area contributed by atoms with Crippen molar-refractivity contribution in [3.8, 4) is 11.5 Å². The SMILES string of the molecule is COc1cc(/C=N\N2C(=O)[C@@H]3[C@H]4C=C[C@@H]([C@@H]5C[C@H]45)[C@@H]3C2=O)cc(I)c1OCc1ccccc1Cl. The van der Waals surface area contributed by atoms with Gasteiger partial charge < -0.3 is 9.47 Å². The Balaban J connectivity index is 1.21. The first-order valence-electron chi connectivity index (χ1n) is 11.3. The molecule has 0 spiro atoms. The highest BCUT2D eigenvalue weighted by Crippen LogP contribution is 2.65. The van der Waals surface area contributed by atoms with Crippen molar-refractivity contribution in [2.45, 2.75) is 13.0 Å². The average Bonchev–Trinajstić information content (AvgIpc) is 3.62. The summed E-state index contributed by atoms with van der Waals surface area (Å²) in [5, 5.41) is 6.06. The maximum atomic E-state index is 13.1. The fraction of sp³-hybridized carbons (Fsp3) is 0.346. The van der Waals surface area contributed by atoms with Gasteiger partial charge in [-0.2, -0.15) is 10.1 Å². The lowest BCUT2D eigenvalue weighted by Gasteiger charge is -2.37. The van der Waals surface area contributed by atoms with Crippen molar-refractivity contribution in [1.29, 1.82) is 0 Å². The van der Waals surface area contributed by atoms with Gasteiger partial charge in [-0.1, -0.05) is 42.0 Å². The molecular formula is C26H22ClIN2O4. The van der Waals surface area contributed by atoms with E-state index in [0.29, 0.717) is 40.5 Å². The summed E-state index contributed by atoms with van der Waals surface area (Å²) < 4.78 is 12.4. The number of imide groups is 1. The van der Waals surface area contributed by atoms with Gasteiger partial charge in [0.25, 0.3) is 11.8 Å². The van der Waals surface area contributed by atoms with Crippen LogP contribution in [0, 0.1) is 39.1 Å². The van der Waals surface area contributed by atoms with E-state index < -0.39 is 0 Å². The number of rotatable bonds is 6. The molecule has 3 fully saturated rings. The second kappa shape index (κ2) is 8.37. The molecule has 0 N–H and O–H groups in total. The second-order valence-corrected chi connectivity index (χ2v) is 10.9. The van der Waals surface area contributed by atoms with Crippen LogP contribution in [0.2, 0.25) is 5.02 Å². The molecule has 2 saturated carbocycles. The van der Waals surface area contributed by atoms with Crippen LogP contribution in [-0.2, 0) is 16.2 Å². The number of methoxy groups -OCH3 is 1. The number of carbonyl (C=O) groups is 2.